The summed E-state index contributed by atoms with van der Waals surface area (Å²) in [5, 5.41) is 0. The molecular weight excluding hydrogens is 264 g/mol. The van der Waals surface area contributed by atoms with Crippen molar-refractivity contribution in [3.05, 3.63) is 29.8 Å². The fourth-order valence-corrected chi connectivity index (χ4v) is 3.88. The molecule has 0 saturated carbocycles. The van der Waals surface area contributed by atoms with Gasteiger partial charge in [-0.15, -0.1) is 11.8 Å². The largest absolute Gasteiger partial charge is 0.306 e. The fourth-order valence-electron chi connectivity index (χ4n) is 2.91. The van der Waals surface area contributed by atoms with Crippen LogP contribution in [0.25, 0.3) is 0 Å². The van der Waals surface area contributed by atoms with Crippen molar-refractivity contribution in [3.63, 3.8) is 0 Å². The van der Waals surface area contributed by atoms with E-state index in [1.807, 2.05) is 11.8 Å². The molecule has 1 heterocycles. The maximum atomic E-state index is 2.50. The van der Waals surface area contributed by atoms with Gasteiger partial charge in [0.2, 0.25) is 0 Å². The summed E-state index contributed by atoms with van der Waals surface area (Å²) in [5.41, 5.74) is 1.34. The van der Waals surface area contributed by atoms with Crippen molar-refractivity contribution >= 4 is 11.8 Å². The van der Waals surface area contributed by atoms with E-state index in [1.165, 1.54) is 55.2 Å². The first-order valence-corrected chi connectivity index (χ1v) is 8.68. The van der Waals surface area contributed by atoms with Crippen LogP contribution in [0.2, 0.25) is 0 Å². The second kappa shape index (κ2) is 8.06. The monoisotopic (exact) mass is 292 g/mol. The Kier molecular flexibility index (Phi) is 6.40. The highest BCUT2D eigenvalue weighted by atomic mass is 32.2. The van der Waals surface area contributed by atoms with Crippen LogP contribution in [0.15, 0.2) is 29.2 Å². The minimum absolute atomic E-state index is 0.864. The number of hydrogen-bond acceptors (Lipinski definition) is 3. The van der Waals surface area contributed by atoms with Gasteiger partial charge in [-0.25, -0.2) is 0 Å². The highest BCUT2D eigenvalue weighted by Crippen LogP contribution is 2.19. The predicted molar refractivity (Wildman–Crippen MR) is 89.6 cm³/mol. The van der Waals surface area contributed by atoms with Crippen molar-refractivity contribution in [1.29, 1.82) is 0 Å². The molecule has 0 aliphatic carbocycles. The lowest BCUT2D eigenvalue weighted by Gasteiger charge is -2.32. The Balaban J connectivity index is 1.64. The van der Waals surface area contributed by atoms with E-state index in [0.717, 1.165) is 5.92 Å². The molecule has 1 aromatic carbocycles. The third kappa shape index (κ3) is 5.47. The first-order chi connectivity index (χ1) is 9.63. The zero-order valence-corrected chi connectivity index (χ0v) is 14.0. The van der Waals surface area contributed by atoms with Gasteiger partial charge >= 0.3 is 0 Å². The summed E-state index contributed by atoms with van der Waals surface area (Å²) < 4.78 is 0. The van der Waals surface area contributed by atoms with Crippen LogP contribution in [0.3, 0.4) is 0 Å². The third-order valence-electron chi connectivity index (χ3n) is 4.05. The number of benzene rings is 1. The Bertz CT molecular complexity index is 390. The zero-order chi connectivity index (χ0) is 14.4. The maximum absolute atomic E-state index is 2.50. The van der Waals surface area contributed by atoms with Crippen molar-refractivity contribution in [2.24, 2.45) is 5.92 Å². The lowest BCUT2D eigenvalue weighted by Crippen LogP contribution is -2.38. The van der Waals surface area contributed by atoms with Gasteiger partial charge in [0.1, 0.15) is 0 Å². The molecule has 0 N–H and O–H groups in total. The van der Waals surface area contributed by atoms with Crippen LogP contribution in [-0.4, -0.2) is 55.8 Å². The van der Waals surface area contributed by atoms with E-state index < -0.39 is 0 Å². The number of hydrogen-bond donors (Lipinski definition) is 0. The molecule has 0 unspecified atom stereocenters. The number of thioether (sulfide) groups is 1. The van der Waals surface area contributed by atoms with E-state index >= 15 is 0 Å². The van der Waals surface area contributed by atoms with Gasteiger partial charge < -0.3 is 9.80 Å². The minimum Gasteiger partial charge on any atom is -0.306 e. The van der Waals surface area contributed by atoms with E-state index in [0.29, 0.717) is 0 Å². The Hall–Kier alpha value is -0.510. The Morgan fingerprint density at radius 2 is 2.05 bits per heavy atom. The second-order valence-electron chi connectivity index (χ2n) is 6.19. The zero-order valence-electron chi connectivity index (χ0n) is 13.1. The Morgan fingerprint density at radius 3 is 2.75 bits per heavy atom. The lowest BCUT2D eigenvalue weighted by molar-refractivity contribution is 0.170. The molecule has 2 rings (SSSR count). The van der Waals surface area contributed by atoms with Crippen molar-refractivity contribution in [2.45, 2.75) is 24.7 Å². The van der Waals surface area contributed by atoms with Gasteiger partial charge in [-0.2, -0.15) is 0 Å². The summed E-state index contributed by atoms with van der Waals surface area (Å²) in [6, 6.07) is 8.86. The molecular formula is C17H28N2S. The van der Waals surface area contributed by atoms with Gasteiger partial charge in [0.25, 0.3) is 0 Å². The van der Waals surface area contributed by atoms with E-state index in [1.54, 1.807) is 0 Å². The SMILES string of the molecule is Cc1ccc(SCCN(C)C[C@@H]2CCCN(C)C2)cc1. The highest BCUT2D eigenvalue weighted by molar-refractivity contribution is 7.99. The lowest BCUT2D eigenvalue weighted by atomic mass is 9.98. The predicted octanol–water partition coefficient (Wildman–Crippen LogP) is 3.36. The second-order valence-corrected chi connectivity index (χ2v) is 7.36. The van der Waals surface area contributed by atoms with Gasteiger partial charge in [-0.1, -0.05) is 17.7 Å². The molecule has 20 heavy (non-hydrogen) atoms. The maximum Gasteiger partial charge on any atom is 0.0108 e. The van der Waals surface area contributed by atoms with Crippen LogP contribution in [0.1, 0.15) is 18.4 Å². The molecule has 0 aromatic heterocycles. The average molecular weight is 292 g/mol. The normalized spacial score (nSPS) is 20.5. The van der Waals surface area contributed by atoms with Crippen LogP contribution in [0.5, 0.6) is 0 Å². The summed E-state index contributed by atoms with van der Waals surface area (Å²) in [4.78, 5) is 6.37. The van der Waals surface area contributed by atoms with Crippen LogP contribution < -0.4 is 0 Å². The number of aryl methyl sites for hydroxylation is 1. The van der Waals surface area contributed by atoms with Crippen LogP contribution >= 0.6 is 11.8 Å². The van der Waals surface area contributed by atoms with E-state index in [-0.39, 0.29) is 0 Å². The first kappa shape index (κ1) is 15.9. The number of rotatable bonds is 6. The molecule has 1 aliphatic heterocycles. The minimum atomic E-state index is 0.864. The van der Waals surface area contributed by atoms with E-state index in [4.69, 9.17) is 0 Å². The summed E-state index contributed by atoms with van der Waals surface area (Å²) >= 11 is 1.97. The molecule has 1 aliphatic rings. The molecule has 0 amide bonds. The fraction of sp³-hybridized carbons (Fsp3) is 0.647. The molecule has 1 atom stereocenters. The molecule has 0 bridgehead atoms. The van der Waals surface area contributed by atoms with Gasteiger partial charge in [0.15, 0.2) is 0 Å². The average Bonchev–Trinajstić information content (AvgIpc) is 2.41. The third-order valence-corrected chi connectivity index (χ3v) is 5.05. The summed E-state index contributed by atoms with van der Waals surface area (Å²) in [6.45, 7) is 7.12. The Morgan fingerprint density at radius 1 is 1.30 bits per heavy atom. The molecule has 1 saturated heterocycles. The first-order valence-electron chi connectivity index (χ1n) is 7.70. The van der Waals surface area contributed by atoms with Crippen molar-refractivity contribution < 1.29 is 0 Å². The van der Waals surface area contributed by atoms with Gasteiger partial charge in [-0.3, -0.25) is 0 Å². The van der Waals surface area contributed by atoms with Crippen molar-refractivity contribution in [2.75, 3.05) is 46.0 Å². The van der Waals surface area contributed by atoms with Crippen molar-refractivity contribution in [1.82, 2.24) is 9.80 Å². The van der Waals surface area contributed by atoms with Gasteiger partial charge in [0.05, 0.1) is 0 Å². The quantitative estimate of drug-likeness (QED) is 0.742. The van der Waals surface area contributed by atoms with Crippen LogP contribution in [0, 0.1) is 12.8 Å². The molecule has 0 spiro atoms. The molecule has 1 aromatic rings. The summed E-state index contributed by atoms with van der Waals surface area (Å²) in [5.74, 6) is 2.05. The van der Waals surface area contributed by atoms with Crippen LogP contribution in [0.4, 0.5) is 0 Å². The number of likely N-dealkylation sites (tertiary alicyclic amines) is 1. The van der Waals surface area contributed by atoms with Gasteiger partial charge in [-0.05, 0) is 58.5 Å². The molecule has 3 heteroatoms. The summed E-state index contributed by atoms with van der Waals surface area (Å²) in [7, 11) is 4.52. The number of piperidine rings is 1. The smallest absolute Gasteiger partial charge is 0.0108 e. The number of nitrogens with zero attached hydrogens (tertiary/aromatic N) is 2. The molecule has 112 valence electrons. The van der Waals surface area contributed by atoms with Crippen LogP contribution in [-0.2, 0) is 0 Å². The molecule has 1 fully saturated rings. The molecule has 0 radical (unpaired) electrons. The summed E-state index contributed by atoms with van der Waals surface area (Å²) in [6.07, 6.45) is 2.77. The highest BCUT2D eigenvalue weighted by Gasteiger charge is 2.18. The Labute approximate surface area is 128 Å². The van der Waals surface area contributed by atoms with E-state index in [9.17, 15) is 0 Å². The molecule has 2 nitrogen and oxygen atoms in total. The topological polar surface area (TPSA) is 6.48 Å². The van der Waals surface area contributed by atoms with Gasteiger partial charge in [0, 0.05) is 30.3 Å². The van der Waals surface area contributed by atoms with E-state index in [2.05, 4.69) is 55.1 Å². The van der Waals surface area contributed by atoms with Crippen molar-refractivity contribution in [3.8, 4) is 0 Å². The standard InChI is InChI=1S/C17H28N2S/c1-15-6-8-17(9-7-15)20-12-11-19(3)14-16-5-4-10-18(2)13-16/h6-9,16H,4-5,10-14H2,1-3H3/t16-/m1/s1.